The van der Waals surface area contributed by atoms with E-state index in [0.29, 0.717) is 57.5 Å². The van der Waals surface area contributed by atoms with E-state index in [2.05, 4.69) is 56.1 Å². The summed E-state index contributed by atoms with van der Waals surface area (Å²) < 4.78 is 0. The summed E-state index contributed by atoms with van der Waals surface area (Å²) in [7, 11) is 0. The van der Waals surface area contributed by atoms with E-state index in [9.17, 15) is 53.7 Å². The number of nitrogens with zero attached hydrogens (tertiary/aromatic N) is 1. The molecule has 1 aliphatic rings. The van der Waals surface area contributed by atoms with Crippen LogP contribution >= 0.6 is 0 Å². The predicted molar refractivity (Wildman–Crippen MR) is 265 cm³/mol. The van der Waals surface area contributed by atoms with Gasteiger partial charge in [-0.2, -0.15) is 0 Å². The van der Waals surface area contributed by atoms with E-state index in [4.69, 9.17) is 22.9 Å². The minimum atomic E-state index is -1.82. The lowest BCUT2D eigenvalue weighted by molar-refractivity contribution is -0.142. The highest BCUT2D eigenvalue weighted by molar-refractivity contribution is 5.96. The highest BCUT2D eigenvalue weighted by Crippen LogP contribution is 2.16. The first-order chi connectivity index (χ1) is 33.2. The molecular weight excluding hydrogens is 909 g/mol. The Kier molecular flexibility index (Phi) is 32.2. The fourth-order valence-corrected chi connectivity index (χ4v) is 7.99. The molecule has 0 aromatic carbocycles. The Morgan fingerprint density at radius 1 is 0.686 bits per heavy atom. The number of rotatable bonds is 39. The summed E-state index contributed by atoms with van der Waals surface area (Å²) in [6, 6.07) is -8.75. The van der Waals surface area contributed by atoms with Crippen LogP contribution in [-0.2, 0) is 38.4 Å². The van der Waals surface area contributed by atoms with Gasteiger partial charge in [0.2, 0.25) is 41.4 Å². The summed E-state index contributed by atoms with van der Waals surface area (Å²) in [6.07, 6.45) is 8.34. The average molecular weight is 997 g/mol. The first-order valence-electron chi connectivity index (χ1n) is 25.3. The van der Waals surface area contributed by atoms with Crippen molar-refractivity contribution in [3.8, 4) is 0 Å². The Labute approximate surface area is 413 Å². The fourth-order valence-electron chi connectivity index (χ4n) is 7.99. The van der Waals surface area contributed by atoms with Gasteiger partial charge < -0.3 is 75.5 Å². The molecule has 0 spiro atoms. The van der Waals surface area contributed by atoms with E-state index in [0.717, 1.165) is 38.5 Å². The Bertz CT molecular complexity index is 1640. The topological polar surface area (TPSA) is 398 Å². The smallest absolute Gasteiger partial charge is 0.326 e. The van der Waals surface area contributed by atoms with E-state index in [1.807, 2.05) is 0 Å². The van der Waals surface area contributed by atoms with Crippen LogP contribution in [0.5, 0.6) is 0 Å². The van der Waals surface area contributed by atoms with Crippen molar-refractivity contribution in [2.75, 3.05) is 26.2 Å². The normalized spacial score (nSPS) is 16.8. The number of aliphatic hydroxyl groups is 2. The van der Waals surface area contributed by atoms with Crippen LogP contribution < -0.4 is 60.2 Å². The molecule has 18 N–H and O–H groups in total. The third kappa shape index (κ3) is 27.3. The highest BCUT2D eigenvalue weighted by Gasteiger charge is 2.36. The lowest BCUT2D eigenvalue weighted by Gasteiger charge is -2.30. The van der Waals surface area contributed by atoms with E-state index < -0.39 is 109 Å². The zero-order valence-electron chi connectivity index (χ0n) is 42.1. The molecule has 2 unspecified atom stereocenters. The third-order valence-electron chi connectivity index (χ3n) is 12.3. The van der Waals surface area contributed by atoms with Gasteiger partial charge in [-0.05, 0) is 95.6 Å². The van der Waals surface area contributed by atoms with Crippen LogP contribution in [0.3, 0.4) is 0 Å². The average Bonchev–Trinajstić information content (AvgIpc) is 3.85. The summed E-state index contributed by atoms with van der Waals surface area (Å²) in [5.74, 6) is -6.45. The molecule has 1 aliphatic heterocycles. The lowest BCUT2D eigenvalue weighted by atomic mass is 9.97. The number of primary amides is 1. The van der Waals surface area contributed by atoms with Crippen LogP contribution in [0.15, 0.2) is 4.99 Å². The predicted octanol–water partition coefficient (Wildman–Crippen LogP) is -0.864. The molecule has 0 saturated carbocycles. The molecule has 0 bridgehead atoms. The number of carboxylic acid groups (broad SMARTS) is 1. The number of amides is 7. The molecule has 1 heterocycles. The lowest BCUT2D eigenvalue weighted by Crippen LogP contribution is -2.62. The highest BCUT2D eigenvalue weighted by atomic mass is 16.4. The van der Waals surface area contributed by atoms with Gasteiger partial charge in [0.15, 0.2) is 5.96 Å². The number of carboxylic acids is 1. The van der Waals surface area contributed by atoms with Crippen LogP contribution in [0.25, 0.3) is 0 Å². The van der Waals surface area contributed by atoms with Crippen LogP contribution in [0, 0.1) is 11.8 Å². The van der Waals surface area contributed by atoms with Crippen molar-refractivity contribution < 1.29 is 53.7 Å². The van der Waals surface area contributed by atoms with Crippen molar-refractivity contribution in [2.24, 2.45) is 39.8 Å². The van der Waals surface area contributed by atoms with Crippen LogP contribution in [-0.4, -0.2) is 143 Å². The van der Waals surface area contributed by atoms with Gasteiger partial charge in [0.25, 0.3) is 0 Å². The van der Waals surface area contributed by atoms with E-state index in [1.165, 1.54) is 6.42 Å². The fraction of sp³-hybridized carbons (Fsp3) is 0.809. The summed E-state index contributed by atoms with van der Waals surface area (Å²) in [4.78, 5) is 109. The minimum Gasteiger partial charge on any atom is -0.480 e. The van der Waals surface area contributed by atoms with Gasteiger partial charge in [-0.15, -0.1) is 0 Å². The number of unbranched alkanes of at least 4 members (excludes halogenated alkanes) is 6. The van der Waals surface area contributed by atoms with E-state index >= 15 is 0 Å². The Balaban J connectivity index is 3.37. The first-order valence-corrected chi connectivity index (χ1v) is 25.3. The van der Waals surface area contributed by atoms with E-state index in [1.54, 1.807) is 13.8 Å². The number of aliphatic hydroxyl groups excluding tert-OH is 2. The Hall–Kier alpha value is -5.13. The number of hydrogen-bond acceptors (Lipinski definition) is 13. The Morgan fingerprint density at radius 2 is 1.31 bits per heavy atom. The SMILES string of the molecule is CCC(C)CCCCCCCCC(=O)N[C@H](CC(N)=O)C(=O)N[C@H](CCCN=C(N)N)CC[C@H](O)[C@H](NC(=O)[C@H](CO)NC(=O)[C@H]1CCCN1)C(=O)N[C@@H](CC(C)C)C(=O)NC(CCCCN)C(=O)O. The van der Waals surface area contributed by atoms with Gasteiger partial charge in [-0.3, -0.25) is 38.6 Å². The monoisotopic (exact) mass is 997 g/mol. The standard InChI is InChI=1S/C47H88N12O11/c1-5-30(4)16-10-8-6-7-9-11-20-39(63)55-35(27-38(49)62)42(65)54-31(17-14-25-53-47(50)51)21-22-37(61)40(59-44(67)36(28-60)58-41(64)32-19-15-24-52-32)45(68)57-34(26-29(2)3)43(66)56-33(46(69)70)18-12-13-23-48/h29-37,40,52,60-61H,5-28,48H2,1-4H3,(H2,49,62)(H,54,65)(H,55,63)(H,56,66)(H,57,68)(H,58,64)(H,59,67)(H,69,70)(H4,50,51,53)/t30?,31-,32-,33?,34+,35-,36+,37+,40+/m1/s1. The second-order valence-electron chi connectivity index (χ2n) is 19.0. The van der Waals surface area contributed by atoms with Crippen molar-refractivity contribution in [3.63, 3.8) is 0 Å². The number of nitrogens with one attached hydrogen (secondary N) is 7. The summed E-state index contributed by atoms with van der Waals surface area (Å²) in [5.41, 5.74) is 22.1. The zero-order valence-corrected chi connectivity index (χ0v) is 42.1. The molecule has 0 aliphatic carbocycles. The molecule has 7 amide bonds. The molecule has 1 rings (SSSR count). The van der Waals surface area contributed by atoms with Gasteiger partial charge >= 0.3 is 5.97 Å². The molecule has 0 aromatic heterocycles. The molecule has 1 fully saturated rings. The number of nitrogens with two attached hydrogens (primary N) is 4. The van der Waals surface area contributed by atoms with Gasteiger partial charge in [0.1, 0.15) is 30.2 Å². The molecule has 23 nitrogen and oxygen atoms in total. The summed E-state index contributed by atoms with van der Waals surface area (Å²) in [5, 5.41) is 50.1. The third-order valence-corrected chi connectivity index (χ3v) is 12.3. The zero-order chi connectivity index (χ0) is 52.6. The van der Waals surface area contributed by atoms with Crippen molar-refractivity contribution in [1.29, 1.82) is 0 Å². The van der Waals surface area contributed by atoms with E-state index in [-0.39, 0.29) is 56.9 Å². The molecule has 0 aromatic rings. The summed E-state index contributed by atoms with van der Waals surface area (Å²) in [6.45, 7) is 8.13. The van der Waals surface area contributed by atoms with Crippen molar-refractivity contribution >= 4 is 53.3 Å². The van der Waals surface area contributed by atoms with Gasteiger partial charge in [0, 0.05) is 19.0 Å². The molecule has 1 saturated heterocycles. The van der Waals surface area contributed by atoms with Crippen LogP contribution in [0.2, 0.25) is 0 Å². The van der Waals surface area contributed by atoms with Crippen LogP contribution in [0.4, 0.5) is 0 Å². The first kappa shape index (κ1) is 62.9. The minimum absolute atomic E-state index is 0.0265. The van der Waals surface area contributed by atoms with Crippen molar-refractivity contribution in [1.82, 2.24) is 37.2 Å². The largest absolute Gasteiger partial charge is 0.480 e. The van der Waals surface area contributed by atoms with Crippen molar-refractivity contribution in [2.45, 2.75) is 205 Å². The molecular formula is C47H88N12O11. The number of carbonyl (C=O) groups excluding carboxylic acids is 7. The maximum Gasteiger partial charge on any atom is 0.326 e. The molecule has 402 valence electrons. The maximum absolute atomic E-state index is 14.2. The van der Waals surface area contributed by atoms with Crippen molar-refractivity contribution in [3.05, 3.63) is 0 Å². The quantitative estimate of drug-likeness (QED) is 0.0202. The Morgan fingerprint density at radius 3 is 1.90 bits per heavy atom. The summed E-state index contributed by atoms with van der Waals surface area (Å²) >= 11 is 0. The van der Waals surface area contributed by atoms with Gasteiger partial charge in [-0.1, -0.05) is 72.6 Å². The molecule has 23 heteroatoms. The second kappa shape index (κ2) is 35.9. The number of guanidine groups is 1. The maximum atomic E-state index is 14.2. The van der Waals surface area contributed by atoms with Crippen LogP contribution in [0.1, 0.15) is 156 Å². The number of aliphatic carboxylic acids is 1. The van der Waals surface area contributed by atoms with Gasteiger partial charge in [0.05, 0.1) is 25.2 Å². The number of aliphatic imine (C=N–C) groups is 1. The van der Waals surface area contributed by atoms with Gasteiger partial charge in [-0.25, -0.2) is 4.79 Å². The molecule has 0 radical (unpaired) electrons. The number of carbonyl (C=O) groups is 8. The second-order valence-corrected chi connectivity index (χ2v) is 19.0. The molecule has 9 atom stereocenters. The molecule has 70 heavy (non-hydrogen) atoms. The number of hydrogen-bond donors (Lipinski definition) is 14.